The minimum Gasteiger partial charge on any atom is -0.531 e. The van der Waals surface area contributed by atoms with Crippen LogP contribution < -0.4 is 14.8 Å². The van der Waals surface area contributed by atoms with E-state index in [0.29, 0.717) is 5.75 Å². The van der Waals surface area contributed by atoms with Crippen molar-refractivity contribution in [3.05, 3.63) is 84.9 Å². The van der Waals surface area contributed by atoms with Crippen LogP contribution in [-0.4, -0.2) is 13.4 Å². The van der Waals surface area contributed by atoms with Crippen LogP contribution in [-0.2, 0) is 0 Å². The van der Waals surface area contributed by atoms with E-state index < -0.39 is 8.32 Å². The Balaban J connectivity index is 2.28. The highest BCUT2D eigenvalue weighted by Crippen LogP contribution is 2.39. The van der Waals surface area contributed by atoms with Gasteiger partial charge in [-0.25, -0.2) is 0 Å². The first kappa shape index (κ1) is 17.3. The van der Waals surface area contributed by atoms with Crippen LogP contribution in [0.15, 0.2) is 84.9 Å². The summed E-state index contributed by atoms with van der Waals surface area (Å²) in [6.07, 6.45) is 0. The second kappa shape index (κ2) is 6.77. The molecule has 0 saturated heterocycles. The molecule has 0 spiro atoms. The standard InChI is InChI=1S/C22H24O2Si/c1-22(2,3)25(18-12-6-4-7-13-18,19-14-8-5-9-15-19)24-21-17-11-10-16-20(21)23/h4-17,23H,1-3H3. The van der Waals surface area contributed by atoms with Gasteiger partial charge in [0.2, 0.25) is 0 Å². The van der Waals surface area contributed by atoms with Gasteiger partial charge in [0.05, 0.1) is 0 Å². The Morgan fingerprint density at radius 1 is 0.680 bits per heavy atom. The van der Waals surface area contributed by atoms with Gasteiger partial charge in [0.1, 0.15) is 5.75 Å². The van der Waals surface area contributed by atoms with Gasteiger partial charge in [-0.1, -0.05) is 93.6 Å². The lowest BCUT2D eigenvalue weighted by atomic mass is 10.2. The lowest BCUT2D eigenvalue weighted by Crippen LogP contribution is -2.68. The fourth-order valence-corrected chi connectivity index (χ4v) is 7.79. The highest BCUT2D eigenvalue weighted by molar-refractivity contribution is 7.00. The van der Waals surface area contributed by atoms with Crippen molar-refractivity contribution < 1.29 is 9.53 Å². The van der Waals surface area contributed by atoms with Gasteiger partial charge in [0.25, 0.3) is 0 Å². The largest absolute Gasteiger partial charge is 0.531 e. The Hall–Kier alpha value is -2.52. The molecule has 3 rings (SSSR count). The first-order valence-electron chi connectivity index (χ1n) is 8.53. The third-order valence-corrected chi connectivity index (χ3v) is 9.48. The Labute approximate surface area is 150 Å². The highest BCUT2D eigenvalue weighted by Gasteiger charge is 2.52. The molecule has 25 heavy (non-hydrogen) atoms. The van der Waals surface area contributed by atoms with Crippen LogP contribution in [0.1, 0.15) is 20.8 Å². The van der Waals surface area contributed by atoms with Crippen molar-refractivity contribution in [2.75, 3.05) is 0 Å². The lowest BCUT2D eigenvalue weighted by Gasteiger charge is -2.43. The molecule has 128 valence electrons. The highest BCUT2D eigenvalue weighted by atomic mass is 28.4. The van der Waals surface area contributed by atoms with Gasteiger partial charge >= 0.3 is 8.32 Å². The Morgan fingerprint density at radius 3 is 1.56 bits per heavy atom. The molecule has 0 amide bonds. The second-order valence-electron chi connectivity index (χ2n) is 7.23. The molecule has 3 heteroatoms. The van der Waals surface area contributed by atoms with Crippen LogP contribution >= 0.6 is 0 Å². The summed E-state index contributed by atoms with van der Waals surface area (Å²) in [5.74, 6) is 0.715. The van der Waals surface area contributed by atoms with Crippen LogP contribution in [0.25, 0.3) is 0 Å². The van der Waals surface area contributed by atoms with Crippen LogP contribution in [0.4, 0.5) is 0 Å². The second-order valence-corrected chi connectivity index (χ2v) is 11.5. The van der Waals surface area contributed by atoms with Crippen molar-refractivity contribution in [1.29, 1.82) is 0 Å². The van der Waals surface area contributed by atoms with Crippen molar-refractivity contribution in [2.45, 2.75) is 25.8 Å². The number of aromatic hydroxyl groups is 1. The summed E-state index contributed by atoms with van der Waals surface area (Å²) in [6, 6.07) is 28.1. The first-order valence-corrected chi connectivity index (χ1v) is 10.4. The molecular weight excluding hydrogens is 324 g/mol. The number of hydrogen-bond donors (Lipinski definition) is 1. The number of rotatable bonds is 4. The van der Waals surface area contributed by atoms with Gasteiger partial charge in [0, 0.05) is 0 Å². The Bertz CT molecular complexity index is 784. The Kier molecular flexibility index (Phi) is 4.68. The molecule has 2 nitrogen and oxygen atoms in total. The van der Waals surface area contributed by atoms with Crippen molar-refractivity contribution in [2.24, 2.45) is 0 Å². The summed E-state index contributed by atoms with van der Waals surface area (Å²) < 4.78 is 6.76. The van der Waals surface area contributed by atoms with Gasteiger partial charge in [-0.05, 0) is 27.5 Å². The summed E-state index contributed by atoms with van der Waals surface area (Å²) in [5.41, 5.74) is 0. The summed E-state index contributed by atoms with van der Waals surface area (Å²) in [4.78, 5) is 0. The monoisotopic (exact) mass is 348 g/mol. The maximum atomic E-state index is 10.3. The minimum atomic E-state index is -2.68. The van der Waals surface area contributed by atoms with Gasteiger partial charge in [0.15, 0.2) is 5.75 Å². The lowest BCUT2D eigenvalue weighted by molar-refractivity contribution is 0.427. The molecule has 0 aromatic heterocycles. The predicted octanol–water partition coefficient (Wildman–Crippen LogP) is 4.33. The van der Waals surface area contributed by atoms with Crippen LogP contribution in [0, 0.1) is 0 Å². The number of para-hydroxylation sites is 2. The third-order valence-electron chi connectivity index (χ3n) is 4.55. The molecule has 0 aliphatic heterocycles. The van der Waals surface area contributed by atoms with Crippen LogP contribution in [0.3, 0.4) is 0 Å². The summed E-state index contributed by atoms with van der Waals surface area (Å²) in [7, 11) is -2.68. The molecule has 0 heterocycles. The van der Waals surface area contributed by atoms with Gasteiger partial charge in [-0.2, -0.15) is 0 Å². The molecule has 0 atom stereocenters. The molecule has 0 aliphatic carbocycles. The molecule has 1 N–H and O–H groups in total. The normalized spacial score (nSPS) is 12.0. The topological polar surface area (TPSA) is 29.5 Å². The fraction of sp³-hybridized carbons (Fsp3) is 0.182. The average molecular weight is 349 g/mol. The molecular formula is C22H24O2Si. The maximum Gasteiger partial charge on any atom is 0.320 e. The summed E-state index contributed by atoms with van der Waals surface area (Å²) in [6.45, 7) is 6.66. The van der Waals surface area contributed by atoms with Gasteiger partial charge < -0.3 is 9.53 Å². The molecule has 3 aromatic rings. The summed E-state index contributed by atoms with van der Waals surface area (Å²) >= 11 is 0. The summed E-state index contributed by atoms with van der Waals surface area (Å²) in [5, 5.41) is 12.6. The van der Waals surface area contributed by atoms with E-state index in [1.54, 1.807) is 6.07 Å². The van der Waals surface area contributed by atoms with E-state index in [9.17, 15) is 5.11 Å². The van der Waals surface area contributed by atoms with Crippen molar-refractivity contribution >= 4 is 18.7 Å². The van der Waals surface area contributed by atoms with E-state index in [4.69, 9.17) is 4.43 Å². The van der Waals surface area contributed by atoms with E-state index in [2.05, 4.69) is 69.3 Å². The molecule has 0 aliphatic rings. The zero-order valence-electron chi connectivity index (χ0n) is 14.9. The predicted molar refractivity (Wildman–Crippen MR) is 106 cm³/mol. The maximum absolute atomic E-state index is 10.3. The third kappa shape index (κ3) is 3.20. The van der Waals surface area contributed by atoms with E-state index in [0.717, 1.165) is 0 Å². The smallest absolute Gasteiger partial charge is 0.320 e. The number of phenols is 1. The van der Waals surface area contributed by atoms with Gasteiger partial charge in [-0.15, -0.1) is 0 Å². The molecule has 0 unspecified atom stereocenters. The SMILES string of the molecule is CC(C)(C)[Si](Oc1ccccc1O)(c1ccccc1)c1ccccc1. The van der Waals surface area contributed by atoms with E-state index in [-0.39, 0.29) is 10.8 Å². The number of phenolic OH excluding ortho intramolecular Hbond substituents is 1. The molecule has 0 saturated carbocycles. The van der Waals surface area contributed by atoms with Gasteiger partial charge in [-0.3, -0.25) is 0 Å². The molecule has 0 radical (unpaired) electrons. The average Bonchev–Trinajstić information content (AvgIpc) is 2.61. The van der Waals surface area contributed by atoms with E-state index in [1.165, 1.54) is 10.4 Å². The fourth-order valence-electron chi connectivity index (χ4n) is 3.36. The molecule has 0 fully saturated rings. The molecule has 0 bridgehead atoms. The minimum absolute atomic E-state index is 0.127. The Morgan fingerprint density at radius 2 is 1.12 bits per heavy atom. The first-order chi connectivity index (χ1) is 11.9. The number of hydrogen-bond acceptors (Lipinski definition) is 2. The van der Waals surface area contributed by atoms with E-state index >= 15 is 0 Å². The van der Waals surface area contributed by atoms with E-state index in [1.807, 2.05) is 30.3 Å². The zero-order chi connectivity index (χ0) is 17.9. The van der Waals surface area contributed by atoms with Crippen molar-refractivity contribution in [3.8, 4) is 11.5 Å². The molecule has 3 aromatic carbocycles. The number of benzene rings is 3. The van der Waals surface area contributed by atoms with Crippen LogP contribution in [0.2, 0.25) is 5.04 Å². The van der Waals surface area contributed by atoms with Crippen LogP contribution in [0.5, 0.6) is 11.5 Å². The zero-order valence-corrected chi connectivity index (χ0v) is 15.9. The van der Waals surface area contributed by atoms with Crippen molar-refractivity contribution in [1.82, 2.24) is 0 Å². The van der Waals surface area contributed by atoms with Crippen molar-refractivity contribution in [3.63, 3.8) is 0 Å². The quantitative estimate of drug-likeness (QED) is 0.711.